The Labute approximate surface area is 119 Å². The number of likely N-dealkylation sites (tertiary alicyclic amines) is 1. The first-order chi connectivity index (χ1) is 9.70. The number of nitrogens with one attached hydrogen (secondary N) is 1. The Bertz CT molecular complexity index is 492. The van der Waals surface area contributed by atoms with Crippen LogP contribution in [-0.2, 0) is 0 Å². The predicted molar refractivity (Wildman–Crippen MR) is 78.9 cm³/mol. The van der Waals surface area contributed by atoms with Gasteiger partial charge < -0.3 is 14.8 Å². The molecule has 0 bridgehead atoms. The first kappa shape index (κ1) is 14.8. The van der Waals surface area contributed by atoms with Gasteiger partial charge in [0.2, 0.25) is 5.56 Å². The lowest BCUT2D eigenvalue weighted by atomic mass is 10.2. The standard InChI is InChI=1S/C15H23N3O2/c1-2-18(11-5-10-17-8-3-4-9-17)15(20)13-6-7-16-14(19)12-13/h6-7,12H,2-5,8-11H2,1H3,(H,16,19). The van der Waals surface area contributed by atoms with Crippen LogP contribution in [0.25, 0.3) is 0 Å². The summed E-state index contributed by atoms with van der Waals surface area (Å²) in [7, 11) is 0. The van der Waals surface area contributed by atoms with Gasteiger partial charge in [0.25, 0.3) is 5.91 Å². The number of carbonyl (C=O) groups excluding carboxylic acids is 1. The fourth-order valence-corrected chi connectivity index (χ4v) is 2.65. The molecule has 0 aromatic carbocycles. The zero-order valence-corrected chi connectivity index (χ0v) is 12.1. The van der Waals surface area contributed by atoms with Crippen LogP contribution >= 0.6 is 0 Å². The number of hydrogen-bond acceptors (Lipinski definition) is 3. The Morgan fingerprint density at radius 3 is 2.80 bits per heavy atom. The number of pyridine rings is 1. The highest BCUT2D eigenvalue weighted by molar-refractivity contribution is 5.94. The van der Waals surface area contributed by atoms with Crippen molar-refractivity contribution in [3.05, 3.63) is 34.2 Å². The van der Waals surface area contributed by atoms with E-state index in [2.05, 4.69) is 9.88 Å². The van der Waals surface area contributed by atoms with Crippen molar-refractivity contribution in [1.29, 1.82) is 0 Å². The molecule has 0 spiro atoms. The lowest BCUT2D eigenvalue weighted by Crippen LogP contribution is -2.34. The molecule has 0 unspecified atom stereocenters. The van der Waals surface area contributed by atoms with Crippen LogP contribution in [0.5, 0.6) is 0 Å². The van der Waals surface area contributed by atoms with Gasteiger partial charge in [0.15, 0.2) is 0 Å². The number of H-pyrrole nitrogens is 1. The number of hydrogen-bond donors (Lipinski definition) is 1. The SMILES string of the molecule is CCN(CCCN1CCCC1)C(=O)c1cc[nH]c(=O)c1. The summed E-state index contributed by atoms with van der Waals surface area (Å²) in [6.45, 7) is 6.83. The minimum atomic E-state index is -0.232. The third-order valence-electron chi connectivity index (χ3n) is 3.79. The van der Waals surface area contributed by atoms with E-state index in [1.807, 2.05) is 11.8 Å². The number of amides is 1. The lowest BCUT2D eigenvalue weighted by Gasteiger charge is -2.22. The summed E-state index contributed by atoms with van der Waals surface area (Å²) >= 11 is 0. The van der Waals surface area contributed by atoms with Gasteiger partial charge in [-0.1, -0.05) is 0 Å². The third-order valence-corrected chi connectivity index (χ3v) is 3.79. The van der Waals surface area contributed by atoms with Gasteiger partial charge in [-0.3, -0.25) is 9.59 Å². The van der Waals surface area contributed by atoms with E-state index in [-0.39, 0.29) is 11.5 Å². The molecule has 0 radical (unpaired) electrons. The first-order valence-electron chi connectivity index (χ1n) is 7.41. The van der Waals surface area contributed by atoms with Crippen LogP contribution in [0.15, 0.2) is 23.1 Å². The predicted octanol–water partition coefficient (Wildman–Crippen LogP) is 1.32. The van der Waals surface area contributed by atoms with Crippen molar-refractivity contribution in [3.8, 4) is 0 Å². The molecular weight excluding hydrogens is 254 g/mol. The van der Waals surface area contributed by atoms with Gasteiger partial charge in [0, 0.05) is 30.9 Å². The molecular formula is C15H23N3O2. The molecule has 110 valence electrons. The zero-order valence-electron chi connectivity index (χ0n) is 12.1. The molecule has 1 aromatic heterocycles. The second-order valence-electron chi connectivity index (χ2n) is 5.23. The smallest absolute Gasteiger partial charge is 0.254 e. The van der Waals surface area contributed by atoms with E-state index in [4.69, 9.17) is 0 Å². The Kier molecular flexibility index (Phi) is 5.35. The number of rotatable bonds is 6. The molecule has 1 fully saturated rings. The second kappa shape index (κ2) is 7.24. The van der Waals surface area contributed by atoms with E-state index in [9.17, 15) is 9.59 Å². The molecule has 1 saturated heterocycles. The topological polar surface area (TPSA) is 56.4 Å². The quantitative estimate of drug-likeness (QED) is 0.853. The van der Waals surface area contributed by atoms with E-state index in [1.165, 1.54) is 38.2 Å². The summed E-state index contributed by atoms with van der Waals surface area (Å²) in [5.41, 5.74) is 0.237. The maximum absolute atomic E-state index is 12.3. The maximum Gasteiger partial charge on any atom is 0.254 e. The van der Waals surface area contributed by atoms with Crippen LogP contribution in [0.3, 0.4) is 0 Å². The van der Waals surface area contributed by atoms with Crippen molar-refractivity contribution in [1.82, 2.24) is 14.8 Å². The van der Waals surface area contributed by atoms with Gasteiger partial charge in [0.05, 0.1) is 0 Å². The van der Waals surface area contributed by atoms with E-state index in [0.717, 1.165) is 19.5 Å². The van der Waals surface area contributed by atoms with Gasteiger partial charge in [-0.05, 0) is 51.9 Å². The van der Waals surface area contributed by atoms with Crippen molar-refractivity contribution in [2.45, 2.75) is 26.2 Å². The normalized spacial score (nSPS) is 15.4. The fourth-order valence-electron chi connectivity index (χ4n) is 2.65. The minimum Gasteiger partial charge on any atom is -0.339 e. The fraction of sp³-hybridized carbons (Fsp3) is 0.600. The highest BCUT2D eigenvalue weighted by atomic mass is 16.2. The molecule has 0 aliphatic carbocycles. The van der Waals surface area contributed by atoms with Crippen molar-refractivity contribution < 1.29 is 4.79 Å². The van der Waals surface area contributed by atoms with Crippen LogP contribution in [0.1, 0.15) is 36.5 Å². The van der Waals surface area contributed by atoms with Crippen LogP contribution in [0.4, 0.5) is 0 Å². The summed E-state index contributed by atoms with van der Waals surface area (Å²) in [5, 5.41) is 0. The zero-order chi connectivity index (χ0) is 14.4. The van der Waals surface area contributed by atoms with Gasteiger partial charge in [-0.25, -0.2) is 0 Å². The number of aromatic nitrogens is 1. The van der Waals surface area contributed by atoms with Gasteiger partial charge in [-0.2, -0.15) is 0 Å². The van der Waals surface area contributed by atoms with Crippen LogP contribution in [0.2, 0.25) is 0 Å². The van der Waals surface area contributed by atoms with Crippen molar-refractivity contribution in [2.24, 2.45) is 0 Å². The summed E-state index contributed by atoms with van der Waals surface area (Å²) in [6.07, 6.45) is 5.10. The van der Waals surface area contributed by atoms with E-state index >= 15 is 0 Å². The van der Waals surface area contributed by atoms with Crippen molar-refractivity contribution in [2.75, 3.05) is 32.7 Å². The Morgan fingerprint density at radius 2 is 2.15 bits per heavy atom. The summed E-state index contributed by atoms with van der Waals surface area (Å²) in [5.74, 6) is -0.0555. The molecule has 1 aliphatic heterocycles. The Balaban J connectivity index is 1.87. The van der Waals surface area contributed by atoms with Gasteiger partial charge in [-0.15, -0.1) is 0 Å². The molecule has 5 nitrogen and oxygen atoms in total. The molecule has 1 amide bonds. The monoisotopic (exact) mass is 277 g/mol. The van der Waals surface area contributed by atoms with Gasteiger partial charge >= 0.3 is 0 Å². The second-order valence-corrected chi connectivity index (χ2v) is 5.23. The largest absolute Gasteiger partial charge is 0.339 e. The minimum absolute atomic E-state index is 0.0555. The molecule has 20 heavy (non-hydrogen) atoms. The summed E-state index contributed by atoms with van der Waals surface area (Å²) < 4.78 is 0. The average molecular weight is 277 g/mol. The molecule has 1 aromatic rings. The summed E-state index contributed by atoms with van der Waals surface area (Å²) in [6, 6.07) is 3.03. The number of aromatic amines is 1. The molecule has 1 aliphatic rings. The average Bonchev–Trinajstić information content (AvgIpc) is 2.96. The first-order valence-corrected chi connectivity index (χ1v) is 7.41. The number of carbonyl (C=O) groups is 1. The van der Waals surface area contributed by atoms with Gasteiger partial charge in [0.1, 0.15) is 0 Å². The van der Waals surface area contributed by atoms with Crippen LogP contribution < -0.4 is 5.56 Å². The molecule has 1 N–H and O–H groups in total. The Hall–Kier alpha value is -1.62. The van der Waals surface area contributed by atoms with E-state index < -0.39 is 0 Å². The molecule has 5 heteroatoms. The van der Waals surface area contributed by atoms with Crippen molar-refractivity contribution >= 4 is 5.91 Å². The number of nitrogens with zero attached hydrogens (tertiary/aromatic N) is 2. The van der Waals surface area contributed by atoms with E-state index in [0.29, 0.717) is 12.1 Å². The van der Waals surface area contributed by atoms with Crippen molar-refractivity contribution in [3.63, 3.8) is 0 Å². The molecule has 2 rings (SSSR count). The molecule has 0 saturated carbocycles. The Morgan fingerprint density at radius 1 is 1.40 bits per heavy atom. The maximum atomic E-state index is 12.3. The molecule has 0 atom stereocenters. The molecule has 2 heterocycles. The van der Waals surface area contributed by atoms with Crippen LogP contribution in [-0.4, -0.2) is 53.4 Å². The van der Waals surface area contributed by atoms with E-state index in [1.54, 1.807) is 6.07 Å². The third kappa shape index (κ3) is 3.93. The summed E-state index contributed by atoms with van der Waals surface area (Å²) in [4.78, 5) is 30.4. The highest BCUT2D eigenvalue weighted by Gasteiger charge is 2.16. The van der Waals surface area contributed by atoms with Crippen LogP contribution in [0, 0.1) is 0 Å². The lowest BCUT2D eigenvalue weighted by molar-refractivity contribution is 0.0758. The highest BCUT2D eigenvalue weighted by Crippen LogP contribution is 2.08.